The van der Waals surface area contributed by atoms with Gasteiger partial charge in [0.2, 0.25) is 5.91 Å². The Hall–Kier alpha value is -2.66. The Balaban J connectivity index is 2.12. The van der Waals surface area contributed by atoms with Crippen molar-refractivity contribution in [2.75, 3.05) is 18.0 Å². The molecule has 1 aromatic rings. The highest BCUT2D eigenvalue weighted by molar-refractivity contribution is 5.80. The fraction of sp³-hybridized carbons (Fsp3) is 0.500. The summed E-state index contributed by atoms with van der Waals surface area (Å²) in [7, 11) is 0. The maximum atomic E-state index is 11.5. The minimum absolute atomic E-state index is 0.0756. The van der Waals surface area contributed by atoms with Crippen LogP contribution in [0.2, 0.25) is 0 Å². The van der Waals surface area contributed by atoms with E-state index in [2.05, 4.69) is 5.32 Å². The lowest BCUT2D eigenvalue weighted by molar-refractivity contribution is -0.384. The van der Waals surface area contributed by atoms with Gasteiger partial charge in [-0.25, -0.2) is 0 Å². The minimum atomic E-state index is -0.515. The molecule has 0 saturated carbocycles. The van der Waals surface area contributed by atoms with Crippen LogP contribution in [-0.4, -0.2) is 36.0 Å². The highest BCUT2D eigenvalue weighted by Gasteiger charge is 2.29. The predicted octanol–water partition coefficient (Wildman–Crippen LogP) is 1.14. The van der Waals surface area contributed by atoms with Crippen molar-refractivity contribution in [3.05, 3.63) is 33.9 Å². The van der Waals surface area contributed by atoms with Crippen LogP contribution in [0.5, 0.6) is 0 Å². The molecule has 2 rings (SSSR count). The lowest BCUT2D eigenvalue weighted by Gasteiger charge is -2.24. The first-order chi connectivity index (χ1) is 11.3. The molecular formula is C16H21N5O3. The van der Waals surface area contributed by atoms with Gasteiger partial charge in [-0.15, -0.1) is 0 Å². The van der Waals surface area contributed by atoms with Gasteiger partial charge < -0.3 is 16.0 Å². The number of rotatable bonds is 6. The Bertz CT molecular complexity index is 683. The number of nitrogens with one attached hydrogen (secondary N) is 1. The molecule has 8 heteroatoms. The summed E-state index contributed by atoms with van der Waals surface area (Å²) in [6.45, 7) is 5.18. The summed E-state index contributed by atoms with van der Waals surface area (Å²) in [4.78, 5) is 23.8. The molecule has 0 bridgehead atoms. The average molecular weight is 331 g/mol. The third-order valence-corrected chi connectivity index (χ3v) is 4.23. The Morgan fingerprint density at radius 2 is 2.25 bits per heavy atom. The number of carbonyl (C=O) groups excluding carboxylic acids is 1. The van der Waals surface area contributed by atoms with E-state index >= 15 is 0 Å². The Kier molecular flexibility index (Phi) is 5.36. The van der Waals surface area contributed by atoms with Crippen LogP contribution >= 0.6 is 0 Å². The number of nitriles is 1. The zero-order chi connectivity index (χ0) is 17.9. The maximum absolute atomic E-state index is 11.5. The molecule has 1 aliphatic heterocycles. The van der Waals surface area contributed by atoms with Gasteiger partial charge in [0.05, 0.1) is 22.2 Å². The van der Waals surface area contributed by atoms with Crippen molar-refractivity contribution in [2.45, 2.75) is 32.4 Å². The van der Waals surface area contributed by atoms with Crippen LogP contribution < -0.4 is 16.0 Å². The SMILES string of the molecule is CC(C)[C@H](N[C@H]1CCN(c2ccc([N+](=O)[O-])cc2C#N)C1)C(N)=O. The molecule has 0 radical (unpaired) electrons. The molecule has 8 nitrogen and oxygen atoms in total. The molecule has 1 saturated heterocycles. The fourth-order valence-corrected chi connectivity index (χ4v) is 2.98. The molecular weight excluding hydrogens is 310 g/mol. The number of nitrogens with two attached hydrogens (primary N) is 1. The molecule has 2 atom stereocenters. The lowest BCUT2D eigenvalue weighted by atomic mass is 10.0. The molecule has 0 spiro atoms. The number of benzene rings is 1. The number of hydrogen-bond donors (Lipinski definition) is 2. The summed E-state index contributed by atoms with van der Waals surface area (Å²) >= 11 is 0. The highest BCUT2D eigenvalue weighted by atomic mass is 16.6. The largest absolute Gasteiger partial charge is 0.369 e. The molecule has 1 amide bonds. The number of nitro benzene ring substituents is 1. The van der Waals surface area contributed by atoms with Gasteiger partial charge in [-0.1, -0.05) is 13.8 Å². The van der Waals surface area contributed by atoms with Gasteiger partial charge in [-0.2, -0.15) is 5.26 Å². The van der Waals surface area contributed by atoms with Gasteiger partial charge in [0, 0.05) is 31.3 Å². The average Bonchev–Trinajstić information content (AvgIpc) is 2.99. The molecule has 1 aliphatic rings. The first-order valence-corrected chi connectivity index (χ1v) is 7.82. The van der Waals surface area contributed by atoms with E-state index in [0.29, 0.717) is 18.8 Å². The van der Waals surface area contributed by atoms with E-state index in [0.717, 1.165) is 6.42 Å². The summed E-state index contributed by atoms with van der Waals surface area (Å²) in [6.07, 6.45) is 0.804. The number of nitrogens with zero attached hydrogens (tertiary/aromatic N) is 3. The molecule has 1 aromatic carbocycles. The van der Waals surface area contributed by atoms with E-state index < -0.39 is 11.0 Å². The second-order valence-corrected chi connectivity index (χ2v) is 6.29. The van der Waals surface area contributed by atoms with Crippen molar-refractivity contribution >= 4 is 17.3 Å². The summed E-state index contributed by atoms with van der Waals surface area (Å²) < 4.78 is 0. The van der Waals surface area contributed by atoms with Crippen LogP contribution in [0.25, 0.3) is 0 Å². The first kappa shape index (κ1) is 17.7. The van der Waals surface area contributed by atoms with Gasteiger partial charge in [0.1, 0.15) is 6.07 Å². The maximum Gasteiger partial charge on any atom is 0.270 e. The molecule has 0 unspecified atom stereocenters. The van der Waals surface area contributed by atoms with Crippen LogP contribution in [0, 0.1) is 27.4 Å². The molecule has 24 heavy (non-hydrogen) atoms. The van der Waals surface area contributed by atoms with E-state index in [-0.39, 0.29) is 29.1 Å². The van der Waals surface area contributed by atoms with Gasteiger partial charge in [-0.05, 0) is 18.4 Å². The standard InChI is InChI=1S/C16H21N5O3/c1-10(2)15(16(18)22)19-12-5-6-20(9-12)14-4-3-13(21(23)24)7-11(14)8-17/h3-4,7,10,12,15,19H,5-6,9H2,1-2H3,(H2,18,22)/t12-,15-/m0/s1. The zero-order valence-electron chi connectivity index (χ0n) is 13.7. The third kappa shape index (κ3) is 3.81. The van der Waals surface area contributed by atoms with Crippen LogP contribution in [0.15, 0.2) is 18.2 Å². The van der Waals surface area contributed by atoms with Gasteiger partial charge in [0.25, 0.3) is 5.69 Å². The Labute approximate surface area is 140 Å². The minimum Gasteiger partial charge on any atom is -0.369 e. The summed E-state index contributed by atoms with van der Waals surface area (Å²) in [6, 6.07) is 5.99. The normalized spacial score (nSPS) is 18.4. The quantitative estimate of drug-likeness (QED) is 0.595. The van der Waals surface area contributed by atoms with Crippen molar-refractivity contribution in [1.29, 1.82) is 5.26 Å². The molecule has 1 fully saturated rings. The van der Waals surface area contributed by atoms with Crippen LogP contribution in [-0.2, 0) is 4.79 Å². The van der Waals surface area contributed by atoms with Crippen molar-refractivity contribution in [1.82, 2.24) is 5.32 Å². The summed E-state index contributed by atoms with van der Waals surface area (Å²) in [5.41, 5.74) is 6.28. The van der Waals surface area contributed by atoms with Crippen molar-refractivity contribution < 1.29 is 9.72 Å². The highest BCUT2D eigenvalue weighted by Crippen LogP contribution is 2.28. The first-order valence-electron chi connectivity index (χ1n) is 7.82. The summed E-state index contributed by atoms with van der Waals surface area (Å²) in [5, 5.41) is 23.4. The lowest BCUT2D eigenvalue weighted by Crippen LogP contribution is -2.50. The Morgan fingerprint density at radius 3 is 2.79 bits per heavy atom. The predicted molar refractivity (Wildman–Crippen MR) is 89.4 cm³/mol. The van der Waals surface area contributed by atoms with E-state index in [1.165, 1.54) is 12.1 Å². The molecule has 1 heterocycles. The smallest absolute Gasteiger partial charge is 0.270 e. The van der Waals surface area contributed by atoms with Gasteiger partial charge in [0.15, 0.2) is 0 Å². The third-order valence-electron chi connectivity index (χ3n) is 4.23. The van der Waals surface area contributed by atoms with E-state index in [4.69, 9.17) is 5.73 Å². The zero-order valence-corrected chi connectivity index (χ0v) is 13.7. The molecule has 3 N–H and O–H groups in total. The van der Waals surface area contributed by atoms with Crippen LogP contribution in [0.4, 0.5) is 11.4 Å². The Morgan fingerprint density at radius 1 is 1.54 bits per heavy atom. The van der Waals surface area contributed by atoms with E-state index in [1.807, 2.05) is 24.8 Å². The summed E-state index contributed by atoms with van der Waals surface area (Å²) in [5.74, 6) is -0.290. The van der Waals surface area contributed by atoms with E-state index in [9.17, 15) is 20.2 Å². The fourth-order valence-electron chi connectivity index (χ4n) is 2.98. The van der Waals surface area contributed by atoms with Crippen LogP contribution in [0.1, 0.15) is 25.8 Å². The van der Waals surface area contributed by atoms with Crippen LogP contribution in [0.3, 0.4) is 0 Å². The molecule has 0 aromatic heterocycles. The topological polar surface area (TPSA) is 125 Å². The second-order valence-electron chi connectivity index (χ2n) is 6.29. The molecule has 128 valence electrons. The number of nitro groups is 1. The number of hydrogen-bond acceptors (Lipinski definition) is 6. The number of non-ortho nitro benzene ring substituents is 1. The number of amides is 1. The molecule has 0 aliphatic carbocycles. The number of carbonyl (C=O) groups is 1. The van der Waals surface area contributed by atoms with Crippen molar-refractivity contribution in [3.8, 4) is 6.07 Å². The number of primary amides is 1. The van der Waals surface area contributed by atoms with Gasteiger partial charge in [-0.3, -0.25) is 14.9 Å². The second kappa shape index (κ2) is 7.27. The van der Waals surface area contributed by atoms with Gasteiger partial charge >= 0.3 is 0 Å². The number of anilines is 1. The van der Waals surface area contributed by atoms with E-state index in [1.54, 1.807) is 6.07 Å². The van der Waals surface area contributed by atoms with Crippen molar-refractivity contribution in [2.24, 2.45) is 11.7 Å². The monoisotopic (exact) mass is 331 g/mol. The van der Waals surface area contributed by atoms with Crippen molar-refractivity contribution in [3.63, 3.8) is 0 Å².